The first-order chi connectivity index (χ1) is 11.9. The number of carbonyl (C=O) groups is 1. The van der Waals surface area contributed by atoms with Gasteiger partial charge in [-0.25, -0.2) is 0 Å². The molecule has 4 nitrogen and oxygen atoms in total. The highest BCUT2D eigenvalue weighted by molar-refractivity contribution is 5.66. The fourth-order valence-corrected chi connectivity index (χ4v) is 2.87. The summed E-state index contributed by atoms with van der Waals surface area (Å²) in [4.78, 5) is 10.0. The van der Waals surface area contributed by atoms with Crippen LogP contribution in [0.3, 0.4) is 0 Å². The van der Waals surface area contributed by atoms with Crippen molar-refractivity contribution in [2.75, 3.05) is 0 Å². The Morgan fingerprint density at radius 2 is 1.88 bits per heavy atom. The van der Waals surface area contributed by atoms with Gasteiger partial charge in [-0.15, -0.1) is 6.58 Å². The summed E-state index contributed by atoms with van der Waals surface area (Å²) in [5, 5.41) is 27.5. The van der Waals surface area contributed by atoms with E-state index in [2.05, 4.69) is 13.5 Å². The second-order valence-electron chi connectivity index (χ2n) is 7.17. The molecular weight excluding hydrogens is 316 g/mol. The Kier molecular flexibility index (Phi) is 14.5. The van der Waals surface area contributed by atoms with Gasteiger partial charge in [0.15, 0.2) is 0 Å². The summed E-state index contributed by atoms with van der Waals surface area (Å²) in [5.74, 6) is -0.424. The molecule has 146 valence electrons. The summed E-state index contributed by atoms with van der Waals surface area (Å²) in [6, 6.07) is 0. The Labute approximate surface area is 153 Å². The summed E-state index contributed by atoms with van der Waals surface area (Å²) in [6.07, 6.45) is 13.8. The van der Waals surface area contributed by atoms with Crippen LogP contribution in [-0.2, 0) is 4.79 Å². The summed E-state index contributed by atoms with van der Waals surface area (Å²) in [7, 11) is 0. The molecule has 2 unspecified atom stereocenters. The minimum atomic E-state index is -0.707. The van der Waals surface area contributed by atoms with Crippen LogP contribution < -0.4 is 0 Å². The van der Waals surface area contributed by atoms with Crippen LogP contribution in [0.2, 0.25) is 0 Å². The highest BCUT2D eigenvalue weighted by atomic mass is 16.4. The molecule has 0 bridgehead atoms. The number of carboxylic acid groups (broad SMARTS) is 1. The predicted molar refractivity (Wildman–Crippen MR) is 104 cm³/mol. The van der Waals surface area contributed by atoms with Gasteiger partial charge < -0.3 is 15.3 Å². The maximum atomic E-state index is 10.0. The lowest BCUT2D eigenvalue weighted by Gasteiger charge is -2.10. The molecule has 1 aliphatic carbocycles. The molecule has 1 aliphatic rings. The minimum absolute atomic E-state index is 0.177. The number of aliphatic carboxylic acids is 1. The van der Waals surface area contributed by atoms with E-state index < -0.39 is 5.97 Å². The van der Waals surface area contributed by atoms with E-state index in [4.69, 9.17) is 5.11 Å². The van der Waals surface area contributed by atoms with Crippen LogP contribution in [0.25, 0.3) is 0 Å². The number of carboxylic acids is 1. The van der Waals surface area contributed by atoms with E-state index in [-0.39, 0.29) is 24.5 Å². The van der Waals surface area contributed by atoms with E-state index in [9.17, 15) is 15.0 Å². The van der Waals surface area contributed by atoms with Gasteiger partial charge in [0.2, 0.25) is 0 Å². The van der Waals surface area contributed by atoms with Gasteiger partial charge in [0.1, 0.15) is 0 Å². The summed E-state index contributed by atoms with van der Waals surface area (Å²) in [6.45, 7) is 7.85. The number of aliphatic hydroxyl groups excluding tert-OH is 2. The lowest BCUT2D eigenvalue weighted by Crippen LogP contribution is -2.11. The number of rotatable bonds is 11. The van der Waals surface area contributed by atoms with Gasteiger partial charge in [-0.1, -0.05) is 50.3 Å². The highest BCUT2D eigenvalue weighted by Gasteiger charge is 2.22. The molecule has 0 aromatic carbocycles. The molecule has 0 amide bonds. The lowest BCUT2D eigenvalue weighted by molar-refractivity contribution is -0.137. The largest absolute Gasteiger partial charge is 0.481 e. The monoisotopic (exact) mass is 354 g/mol. The van der Waals surface area contributed by atoms with Crippen molar-refractivity contribution in [2.24, 2.45) is 5.92 Å². The number of aliphatic hydroxyl groups is 2. The lowest BCUT2D eigenvalue weighted by atomic mass is 10.0. The number of hydrogen-bond donors (Lipinski definition) is 3. The molecule has 4 heteroatoms. The topological polar surface area (TPSA) is 77.8 Å². The number of unbranched alkanes of at least 4 members (excludes halogenated alkanes) is 3. The Morgan fingerprint density at radius 3 is 2.40 bits per heavy atom. The molecule has 3 N–H and O–H groups in total. The fourth-order valence-electron chi connectivity index (χ4n) is 2.87. The van der Waals surface area contributed by atoms with Gasteiger partial charge >= 0.3 is 5.97 Å². The van der Waals surface area contributed by atoms with Crippen molar-refractivity contribution in [1.29, 1.82) is 0 Å². The zero-order valence-electron chi connectivity index (χ0n) is 16.1. The van der Waals surface area contributed by atoms with Crippen molar-refractivity contribution >= 4 is 5.97 Å². The van der Waals surface area contributed by atoms with E-state index in [1.807, 2.05) is 19.1 Å². The van der Waals surface area contributed by atoms with Crippen LogP contribution in [0.4, 0.5) is 0 Å². The predicted octanol–water partition coefficient (Wildman–Crippen LogP) is 4.85. The third kappa shape index (κ3) is 14.9. The van der Waals surface area contributed by atoms with Crippen molar-refractivity contribution in [3.8, 4) is 0 Å². The zero-order chi connectivity index (χ0) is 19.1. The van der Waals surface area contributed by atoms with Crippen LogP contribution in [0.1, 0.15) is 84.5 Å². The normalized spacial score (nSPS) is 21.0. The third-order valence-electron chi connectivity index (χ3n) is 4.46. The molecule has 0 saturated heterocycles. The van der Waals surface area contributed by atoms with E-state index in [1.54, 1.807) is 0 Å². The molecular formula is C21H38O4. The Bertz CT molecular complexity index is 373. The van der Waals surface area contributed by atoms with Crippen LogP contribution in [0.5, 0.6) is 0 Å². The molecule has 0 spiro atoms. The van der Waals surface area contributed by atoms with Crippen molar-refractivity contribution in [2.45, 2.75) is 96.7 Å². The van der Waals surface area contributed by atoms with Crippen LogP contribution >= 0.6 is 0 Å². The zero-order valence-corrected chi connectivity index (χ0v) is 16.1. The molecule has 0 aromatic heterocycles. The van der Waals surface area contributed by atoms with Crippen molar-refractivity contribution in [1.82, 2.24) is 0 Å². The summed E-state index contributed by atoms with van der Waals surface area (Å²) < 4.78 is 0. The van der Waals surface area contributed by atoms with E-state index in [0.29, 0.717) is 0 Å². The van der Waals surface area contributed by atoms with Gasteiger partial charge in [-0.05, 0) is 45.4 Å². The molecule has 0 aromatic rings. The second kappa shape index (κ2) is 15.2. The summed E-state index contributed by atoms with van der Waals surface area (Å²) >= 11 is 0. The van der Waals surface area contributed by atoms with Gasteiger partial charge in [-0.2, -0.15) is 0 Å². The van der Waals surface area contributed by atoms with Crippen LogP contribution in [-0.4, -0.2) is 33.5 Å². The van der Waals surface area contributed by atoms with Gasteiger partial charge in [0.05, 0.1) is 12.2 Å². The first kappa shape index (κ1) is 23.9. The van der Waals surface area contributed by atoms with Crippen molar-refractivity contribution in [3.05, 3.63) is 24.3 Å². The van der Waals surface area contributed by atoms with Gasteiger partial charge in [-0.3, -0.25) is 4.79 Å². The fraction of sp³-hybridized carbons (Fsp3) is 0.762. The standard InChI is InChI=1S/C13H24O2.C8H14O2/c1-2-3-4-7-12(14)10-9-11-6-5-8-13(11)15;1-7(2)5-3-4-6-8(9)10/h9-15H,2-8H2,1H3;1,3-6H2,2H3,(H,9,10)/b10-9+;/t11?,12?,13-;/m1./s1. The molecule has 0 heterocycles. The highest BCUT2D eigenvalue weighted by Crippen LogP contribution is 2.26. The van der Waals surface area contributed by atoms with Crippen molar-refractivity contribution in [3.63, 3.8) is 0 Å². The van der Waals surface area contributed by atoms with Crippen LogP contribution in [0, 0.1) is 5.92 Å². The Morgan fingerprint density at radius 1 is 1.20 bits per heavy atom. The third-order valence-corrected chi connectivity index (χ3v) is 4.46. The SMILES string of the molecule is C=C(C)CCCCC(=O)O.CCCCCC(O)/C=C/C1CCC[C@H]1O. The average molecular weight is 355 g/mol. The molecule has 1 rings (SSSR count). The maximum absolute atomic E-state index is 10.0. The van der Waals surface area contributed by atoms with E-state index in [1.165, 1.54) is 12.8 Å². The number of hydrogen-bond acceptors (Lipinski definition) is 3. The van der Waals surface area contributed by atoms with Gasteiger partial charge in [0, 0.05) is 12.3 Å². The molecule has 25 heavy (non-hydrogen) atoms. The maximum Gasteiger partial charge on any atom is 0.303 e. The Balaban J connectivity index is 0.000000504. The van der Waals surface area contributed by atoms with Gasteiger partial charge in [0.25, 0.3) is 0 Å². The molecule has 1 saturated carbocycles. The molecule has 0 radical (unpaired) electrons. The van der Waals surface area contributed by atoms with E-state index in [0.717, 1.165) is 56.9 Å². The molecule has 1 fully saturated rings. The smallest absolute Gasteiger partial charge is 0.303 e. The van der Waals surface area contributed by atoms with Crippen molar-refractivity contribution < 1.29 is 20.1 Å². The number of allylic oxidation sites excluding steroid dienone is 1. The first-order valence-electron chi connectivity index (χ1n) is 9.77. The summed E-state index contributed by atoms with van der Waals surface area (Å²) in [5.41, 5.74) is 1.13. The van der Waals surface area contributed by atoms with E-state index >= 15 is 0 Å². The van der Waals surface area contributed by atoms with Crippen LogP contribution in [0.15, 0.2) is 24.3 Å². The first-order valence-corrected chi connectivity index (χ1v) is 9.77. The average Bonchev–Trinajstić information content (AvgIpc) is 2.95. The molecule has 0 aliphatic heterocycles. The second-order valence-corrected chi connectivity index (χ2v) is 7.17. The minimum Gasteiger partial charge on any atom is -0.481 e. The molecule has 3 atom stereocenters. The Hall–Kier alpha value is -1.13. The quantitative estimate of drug-likeness (QED) is 0.366.